The van der Waals surface area contributed by atoms with E-state index in [1.807, 2.05) is 0 Å². The minimum Gasteiger partial charge on any atom is -0.464 e. The zero-order chi connectivity index (χ0) is 22.0. The van der Waals surface area contributed by atoms with Gasteiger partial charge in [0.25, 0.3) is 11.6 Å². The fourth-order valence-electron chi connectivity index (χ4n) is 2.51. The van der Waals surface area contributed by atoms with E-state index in [1.165, 1.54) is 35.4 Å². The summed E-state index contributed by atoms with van der Waals surface area (Å²) in [7, 11) is 2.53. The summed E-state index contributed by atoms with van der Waals surface area (Å²) in [4.78, 5) is 59.5. The summed E-state index contributed by atoms with van der Waals surface area (Å²) >= 11 is 0. The Morgan fingerprint density at radius 3 is 2.00 bits per heavy atom. The number of H-pyrrole nitrogens is 2. The van der Waals surface area contributed by atoms with E-state index < -0.39 is 23.3 Å². The Balaban J connectivity index is 0.000000171. The number of nitrogens with zero attached hydrogens (tertiary/aromatic N) is 6. The lowest BCUT2D eigenvalue weighted by atomic mass is 10.3. The van der Waals surface area contributed by atoms with Crippen LogP contribution in [0.1, 0.15) is 32.4 Å². The van der Waals surface area contributed by atoms with Crippen LogP contribution in [0.25, 0.3) is 11.6 Å². The van der Waals surface area contributed by atoms with Crippen molar-refractivity contribution >= 4 is 23.5 Å². The van der Waals surface area contributed by atoms with Crippen molar-refractivity contribution in [1.29, 1.82) is 0 Å². The van der Waals surface area contributed by atoms with Gasteiger partial charge in [0, 0.05) is 11.4 Å². The molecule has 4 aromatic rings. The van der Waals surface area contributed by atoms with Gasteiger partial charge >= 0.3 is 23.3 Å². The van der Waals surface area contributed by atoms with Gasteiger partial charge in [-0.1, -0.05) is 0 Å². The smallest absolute Gasteiger partial charge is 0.363 e. The van der Waals surface area contributed by atoms with Crippen molar-refractivity contribution < 1.29 is 19.1 Å². The molecular weight excluding hydrogens is 400 g/mol. The third-order valence-corrected chi connectivity index (χ3v) is 3.79. The molecule has 0 saturated carbocycles. The highest BCUT2D eigenvalue weighted by Crippen LogP contribution is 2.05. The van der Waals surface area contributed by atoms with Gasteiger partial charge in [-0.25, -0.2) is 48.4 Å². The third-order valence-electron chi connectivity index (χ3n) is 3.79. The van der Waals surface area contributed by atoms with Gasteiger partial charge in [-0.2, -0.15) is 9.97 Å². The molecule has 0 aliphatic carbocycles. The first-order chi connectivity index (χ1) is 14.2. The van der Waals surface area contributed by atoms with Gasteiger partial charge in [-0.15, -0.1) is 0 Å². The van der Waals surface area contributed by atoms with Crippen LogP contribution in [0.3, 0.4) is 0 Å². The minimum atomic E-state index is -0.559. The summed E-state index contributed by atoms with van der Waals surface area (Å²) in [5.41, 5.74) is 0.485. The molecule has 14 nitrogen and oxygen atoms in total. The summed E-state index contributed by atoms with van der Waals surface area (Å²) in [6.45, 7) is 3.42. The number of aromatic nitrogens is 8. The topological polar surface area (TPSA) is 179 Å². The number of esters is 2. The molecule has 4 aromatic heterocycles. The van der Waals surface area contributed by atoms with Gasteiger partial charge in [0.2, 0.25) is 0 Å². The Morgan fingerprint density at radius 2 is 1.40 bits per heavy atom. The average Bonchev–Trinajstić information content (AvgIpc) is 3.27. The molecular formula is C16H16N8O6. The van der Waals surface area contributed by atoms with Crippen molar-refractivity contribution in [3.8, 4) is 0 Å². The SMILES string of the molecule is COC(=O)c1cc(C)n2[nH]c(=O)nc2n1.COC(=O)c1cc(C)nc2nc(=O)[nH]n12. The number of hydrogen-bond acceptors (Lipinski definition) is 10. The molecule has 156 valence electrons. The highest BCUT2D eigenvalue weighted by Gasteiger charge is 2.14. The highest BCUT2D eigenvalue weighted by molar-refractivity contribution is 5.88. The number of rotatable bonds is 2. The molecule has 4 heterocycles. The molecule has 0 aliphatic heterocycles. The van der Waals surface area contributed by atoms with Crippen LogP contribution < -0.4 is 11.4 Å². The van der Waals surface area contributed by atoms with Crippen LogP contribution in [0.15, 0.2) is 21.7 Å². The van der Waals surface area contributed by atoms with Gasteiger partial charge in [0.15, 0.2) is 11.4 Å². The Kier molecular flexibility index (Phi) is 5.39. The number of carbonyl (C=O) groups excluding carboxylic acids is 2. The zero-order valence-corrected chi connectivity index (χ0v) is 16.3. The maximum Gasteiger partial charge on any atom is 0.363 e. The second-order valence-corrected chi connectivity index (χ2v) is 5.88. The van der Waals surface area contributed by atoms with E-state index in [-0.39, 0.29) is 22.9 Å². The number of aromatic amines is 2. The number of carbonyl (C=O) groups is 2. The number of methoxy groups -OCH3 is 2. The molecule has 0 aliphatic rings. The van der Waals surface area contributed by atoms with Crippen LogP contribution >= 0.6 is 0 Å². The largest absolute Gasteiger partial charge is 0.464 e. The Hall–Kier alpha value is -4.36. The zero-order valence-electron chi connectivity index (χ0n) is 16.3. The molecule has 0 unspecified atom stereocenters. The molecule has 0 spiro atoms. The lowest BCUT2D eigenvalue weighted by Crippen LogP contribution is -2.12. The van der Waals surface area contributed by atoms with Crippen molar-refractivity contribution in [2.24, 2.45) is 0 Å². The molecule has 2 N–H and O–H groups in total. The van der Waals surface area contributed by atoms with E-state index in [0.29, 0.717) is 11.4 Å². The van der Waals surface area contributed by atoms with Crippen LogP contribution in [0.2, 0.25) is 0 Å². The van der Waals surface area contributed by atoms with Crippen LogP contribution in [0, 0.1) is 13.8 Å². The molecule has 0 aromatic carbocycles. The number of aryl methyl sites for hydroxylation is 2. The Morgan fingerprint density at radius 1 is 0.833 bits per heavy atom. The van der Waals surface area contributed by atoms with Gasteiger partial charge in [0.05, 0.1) is 14.2 Å². The minimum absolute atomic E-state index is 0.126. The van der Waals surface area contributed by atoms with E-state index in [9.17, 15) is 19.2 Å². The van der Waals surface area contributed by atoms with Crippen molar-refractivity contribution in [3.05, 3.63) is 55.9 Å². The lowest BCUT2D eigenvalue weighted by molar-refractivity contribution is 0.0583. The quantitative estimate of drug-likeness (QED) is 0.386. The van der Waals surface area contributed by atoms with E-state index in [4.69, 9.17) is 0 Å². The Labute approximate surface area is 166 Å². The van der Waals surface area contributed by atoms with Crippen LogP contribution in [0.4, 0.5) is 0 Å². The van der Waals surface area contributed by atoms with E-state index in [1.54, 1.807) is 13.8 Å². The first-order valence-corrected chi connectivity index (χ1v) is 8.33. The van der Waals surface area contributed by atoms with Crippen molar-refractivity contribution in [2.45, 2.75) is 13.8 Å². The molecule has 30 heavy (non-hydrogen) atoms. The molecule has 0 amide bonds. The second-order valence-electron chi connectivity index (χ2n) is 5.88. The average molecular weight is 416 g/mol. The number of ether oxygens (including phenoxy) is 2. The monoisotopic (exact) mass is 416 g/mol. The second kappa shape index (κ2) is 7.94. The van der Waals surface area contributed by atoms with Crippen molar-refractivity contribution in [2.75, 3.05) is 14.2 Å². The van der Waals surface area contributed by atoms with E-state index in [2.05, 4.69) is 39.6 Å². The van der Waals surface area contributed by atoms with E-state index >= 15 is 0 Å². The lowest BCUT2D eigenvalue weighted by Gasteiger charge is -2.02. The predicted molar refractivity (Wildman–Crippen MR) is 99.4 cm³/mol. The first-order valence-electron chi connectivity index (χ1n) is 8.33. The maximum atomic E-state index is 11.4. The van der Waals surface area contributed by atoms with Crippen LogP contribution in [-0.4, -0.2) is 65.3 Å². The third kappa shape index (κ3) is 3.91. The number of fused-ring (bicyclic) bond motifs is 2. The van der Waals surface area contributed by atoms with Gasteiger partial charge in [0.1, 0.15) is 0 Å². The summed E-state index contributed by atoms with van der Waals surface area (Å²) in [5, 5.41) is 4.80. The maximum absolute atomic E-state index is 11.4. The standard InChI is InChI=1S/2C8H8N4O3/c1-4-3-5(6(13)15-2)9-7-10-8(14)11-12(4)7;1-4-3-5(6(13)15-2)12-7(9-4)10-8(14)11-12/h2*3H,1-2H3,(H,11,14). The number of nitrogens with one attached hydrogen (secondary N) is 2. The molecule has 0 bridgehead atoms. The first kappa shape index (κ1) is 20.4. The summed E-state index contributed by atoms with van der Waals surface area (Å²) < 4.78 is 11.7. The van der Waals surface area contributed by atoms with Gasteiger partial charge in [-0.3, -0.25) is 0 Å². The van der Waals surface area contributed by atoms with Crippen LogP contribution in [-0.2, 0) is 9.47 Å². The van der Waals surface area contributed by atoms with Gasteiger partial charge in [-0.05, 0) is 26.0 Å². The Bertz CT molecular complexity index is 1380. The fourth-order valence-corrected chi connectivity index (χ4v) is 2.51. The molecule has 0 saturated heterocycles. The molecule has 0 radical (unpaired) electrons. The molecule has 0 fully saturated rings. The van der Waals surface area contributed by atoms with Crippen LogP contribution in [0.5, 0.6) is 0 Å². The highest BCUT2D eigenvalue weighted by atomic mass is 16.5. The molecule has 4 rings (SSSR count). The summed E-state index contributed by atoms with van der Waals surface area (Å²) in [5.74, 6) is -0.809. The normalized spacial score (nSPS) is 10.5. The van der Waals surface area contributed by atoms with Gasteiger partial charge < -0.3 is 9.47 Å². The summed E-state index contributed by atoms with van der Waals surface area (Å²) in [6, 6.07) is 3.02. The molecule has 0 atom stereocenters. The van der Waals surface area contributed by atoms with Crippen molar-refractivity contribution in [3.63, 3.8) is 0 Å². The van der Waals surface area contributed by atoms with E-state index in [0.717, 1.165) is 0 Å². The fraction of sp³-hybridized carbons (Fsp3) is 0.250. The van der Waals surface area contributed by atoms with Crippen molar-refractivity contribution in [1.82, 2.24) is 39.2 Å². The summed E-state index contributed by atoms with van der Waals surface area (Å²) in [6.07, 6.45) is 0. The predicted octanol–water partition coefficient (Wildman–Crippen LogP) is -0.975. The molecule has 14 heteroatoms. The number of hydrogen-bond donors (Lipinski definition) is 2.